The van der Waals surface area contributed by atoms with Gasteiger partial charge in [0.05, 0.1) is 19.7 Å². The van der Waals surface area contributed by atoms with Crippen molar-refractivity contribution in [3.8, 4) is 17.2 Å². The van der Waals surface area contributed by atoms with Gasteiger partial charge in [-0.1, -0.05) is 38.1 Å². The lowest BCUT2D eigenvalue weighted by Crippen LogP contribution is -1.98. The van der Waals surface area contributed by atoms with Gasteiger partial charge in [0.1, 0.15) is 17.9 Å². The zero-order valence-electron chi connectivity index (χ0n) is 16.4. The van der Waals surface area contributed by atoms with Crippen LogP contribution in [0, 0.1) is 0 Å². The SMILES string of the molecule is CC.COc1cc2ncnc(Nc3ccc(O)c4ccccc34)c2cc1OC. The maximum absolute atomic E-state index is 10.1. The second-order valence-corrected chi connectivity index (χ2v) is 5.75. The summed E-state index contributed by atoms with van der Waals surface area (Å²) in [6.45, 7) is 4.00. The number of aromatic nitrogens is 2. The molecular weight excluding hydrogens is 354 g/mol. The summed E-state index contributed by atoms with van der Waals surface area (Å²) in [4.78, 5) is 8.70. The standard InChI is InChI=1S/C20H17N3O3.C2H6/c1-25-18-9-14-16(10-19(18)26-2)21-11-22-20(14)23-15-7-8-17(24)13-6-4-3-5-12(13)15;1-2/h3-11,24H,1-2H3,(H,21,22,23);1-2H3. The molecule has 28 heavy (non-hydrogen) atoms. The fourth-order valence-corrected chi connectivity index (χ4v) is 3.00. The number of nitrogens with zero attached hydrogens (tertiary/aromatic N) is 2. The molecule has 0 atom stereocenters. The third kappa shape index (κ3) is 3.49. The molecule has 0 unspecified atom stereocenters. The summed E-state index contributed by atoms with van der Waals surface area (Å²) in [5.74, 6) is 2.10. The molecule has 0 radical (unpaired) electrons. The van der Waals surface area contributed by atoms with Gasteiger partial charge in [-0.15, -0.1) is 0 Å². The van der Waals surface area contributed by atoms with Crippen LogP contribution in [-0.2, 0) is 0 Å². The fraction of sp³-hybridized carbons (Fsp3) is 0.182. The molecule has 0 bridgehead atoms. The topological polar surface area (TPSA) is 76.5 Å². The lowest BCUT2D eigenvalue weighted by molar-refractivity contribution is 0.356. The highest BCUT2D eigenvalue weighted by atomic mass is 16.5. The second kappa shape index (κ2) is 8.43. The Kier molecular flexibility index (Phi) is 5.79. The third-order valence-electron chi connectivity index (χ3n) is 4.29. The lowest BCUT2D eigenvalue weighted by Gasteiger charge is -2.13. The van der Waals surface area contributed by atoms with Gasteiger partial charge in [0, 0.05) is 27.9 Å². The molecule has 6 nitrogen and oxygen atoms in total. The Morgan fingerprint density at radius 3 is 2.21 bits per heavy atom. The van der Waals surface area contributed by atoms with E-state index < -0.39 is 0 Å². The first kappa shape index (κ1) is 19.2. The molecule has 3 aromatic carbocycles. The number of phenols is 1. The molecule has 0 fully saturated rings. The molecule has 1 aromatic heterocycles. The van der Waals surface area contributed by atoms with Crippen LogP contribution >= 0.6 is 0 Å². The van der Waals surface area contributed by atoms with Gasteiger partial charge in [0.25, 0.3) is 0 Å². The summed E-state index contributed by atoms with van der Waals surface area (Å²) in [5, 5.41) is 15.9. The predicted octanol–water partition coefficient (Wildman–Crippen LogP) is 5.28. The Morgan fingerprint density at radius 2 is 1.50 bits per heavy atom. The molecule has 1 heterocycles. The Labute approximate surface area is 163 Å². The van der Waals surface area contributed by atoms with Crippen molar-refractivity contribution >= 4 is 33.2 Å². The van der Waals surface area contributed by atoms with Crippen molar-refractivity contribution in [1.82, 2.24) is 9.97 Å². The van der Waals surface area contributed by atoms with Gasteiger partial charge in [-0.2, -0.15) is 0 Å². The number of hydrogen-bond acceptors (Lipinski definition) is 6. The number of phenolic OH excluding ortho intramolecular Hbond substituents is 1. The number of nitrogens with one attached hydrogen (secondary N) is 1. The molecule has 0 aliphatic carbocycles. The van der Waals surface area contributed by atoms with Gasteiger partial charge < -0.3 is 19.9 Å². The van der Waals surface area contributed by atoms with Crippen LogP contribution in [0.4, 0.5) is 11.5 Å². The molecular formula is C22H23N3O3. The maximum atomic E-state index is 10.1. The van der Waals surface area contributed by atoms with E-state index in [9.17, 15) is 5.11 Å². The van der Waals surface area contributed by atoms with E-state index in [0.717, 1.165) is 27.4 Å². The van der Waals surface area contributed by atoms with Crippen molar-refractivity contribution in [2.24, 2.45) is 0 Å². The molecule has 4 rings (SSSR count). The molecule has 0 saturated heterocycles. The summed E-state index contributed by atoms with van der Waals surface area (Å²) in [5.41, 5.74) is 1.58. The minimum Gasteiger partial charge on any atom is -0.507 e. The minimum absolute atomic E-state index is 0.241. The summed E-state index contributed by atoms with van der Waals surface area (Å²) >= 11 is 0. The maximum Gasteiger partial charge on any atom is 0.162 e. The first-order valence-corrected chi connectivity index (χ1v) is 9.05. The Balaban J connectivity index is 0.00000109. The number of benzene rings is 3. The van der Waals surface area contributed by atoms with Crippen molar-refractivity contribution < 1.29 is 14.6 Å². The number of anilines is 2. The van der Waals surface area contributed by atoms with Crippen LogP contribution in [0.25, 0.3) is 21.7 Å². The summed E-state index contributed by atoms with van der Waals surface area (Å²) < 4.78 is 10.7. The van der Waals surface area contributed by atoms with E-state index in [2.05, 4.69) is 15.3 Å². The number of methoxy groups -OCH3 is 2. The van der Waals surface area contributed by atoms with Crippen molar-refractivity contribution in [2.75, 3.05) is 19.5 Å². The average molecular weight is 377 g/mol. The Bertz CT molecular complexity index is 1110. The Hall–Kier alpha value is -3.54. The zero-order chi connectivity index (χ0) is 20.1. The third-order valence-corrected chi connectivity index (χ3v) is 4.29. The van der Waals surface area contributed by atoms with Crippen molar-refractivity contribution in [3.63, 3.8) is 0 Å². The molecule has 0 saturated carbocycles. The molecule has 0 aliphatic heterocycles. The highest BCUT2D eigenvalue weighted by molar-refractivity contribution is 6.01. The van der Waals surface area contributed by atoms with Crippen LogP contribution in [0.1, 0.15) is 13.8 Å². The number of rotatable bonds is 4. The van der Waals surface area contributed by atoms with E-state index in [0.29, 0.717) is 17.3 Å². The number of aromatic hydroxyl groups is 1. The first-order valence-electron chi connectivity index (χ1n) is 9.05. The fourth-order valence-electron chi connectivity index (χ4n) is 3.00. The molecule has 0 aliphatic rings. The van der Waals surface area contributed by atoms with Gasteiger partial charge in [-0.25, -0.2) is 9.97 Å². The largest absolute Gasteiger partial charge is 0.507 e. The minimum atomic E-state index is 0.241. The molecule has 0 spiro atoms. The van der Waals surface area contributed by atoms with Crippen LogP contribution in [0.3, 0.4) is 0 Å². The average Bonchev–Trinajstić information content (AvgIpc) is 2.76. The van der Waals surface area contributed by atoms with Gasteiger partial charge in [-0.05, 0) is 18.2 Å². The van der Waals surface area contributed by atoms with Crippen LogP contribution in [0.2, 0.25) is 0 Å². The summed E-state index contributed by atoms with van der Waals surface area (Å²) in [7, 11) is 3.18. The lowest BCUT2D eigenvalue weighted by atomic mass is 10.1. The van der Waals surface area contributed by atoms with E-state index in [-0.39, 0.29) is 5.75 Å². The van der Waals surface area contributed by atoms with Crippen LogP contribution in [-0.4, -0.2) is 29.3 Å². The molecule has 2 N–H and O–H groups in total. The number of fused-ring (bicyclic) bond motifs is 2. The quantitative estimate of drug-likeness (QED) is 0.472. The van der Waals surface area contributed by atoms with Gasteiger partial charge in [0.15, 0.2) is 11.5 Å². The van der Waals surface area contributed by atoms with E-state index in [1.54, 1.807) is 20.3 Å². The molecule has 6 heteroatoms. The van der Waals surface area contributed by atoms with Crippen molar-refractivity contribution in [1.29, 1.82) is 0 Å². The zero-order valence-corrected chi connectivity index (χ0v) is 16.4. The van der Waals surface area contributed by atoms with Crippen LogP contribution < -0.4 is 14.8 Å². The van der Waals surface area contributed by atoms with Crippen LogP contribution in [0.5, 0.6) is 17.2 Å². The van der Waals surface area contributed by atoms with E-state index >= 15 is 0 Å². The second-order valence-electron chi connectivity index (χ2n) is 5.75. The van der Waals surface area contributed by atoms with Crippen molar-refractivity contribution in [2.45, 2.75) is 13.8 Å². The number of ether oxygens (including phenoxy) is 2. The van der Waals surface area contributed by atoms with Gasteiger partial charge >= 0.3 is 0 Å². The first-order chi connectivity index (χ1) is 13.7. The molecule has 4 aromatic rings. The van der Waals surface area contributed by atoms with Gasteiger partial charge in [0.2, 0.25) is 0 Å². The van der Waals surface area contributed by atoms with Crippen molar-refractivity contribution in [3.05, 3.63) is 54.9 Å². The predicted molar refractivity (Wildman–Crippen MR) is 113 cm³/mol. The normalized spacial score (nSPS) is 10.3. The van der Waals surface area contributed by atoms with E-state index in [4.69, 9.17) is 9.47 Å². The summed E-state index contributed by atoms with van der Waals surface area (Å²) in [6.07, 6.45) is 1.50. The smallest absolute Gasteiger partial charge is 0.162 e. The molecule has 144 valence electrons. The number of hydrogen-bond donors (Lipinski definition) is 2. The highest BCUT2D eigenvalue weighted by Gasteiger charge is 2.12. The van der Waals surface area contributed by atoms with E-state index in [1.807, 2.05) is 56.3 Å². The summed E-state index contributed by atoms with van der Waals surface area (Å²) in [6, 6.07) is 14.8. The highest BCUT2D eigenvalue weighted by Crippen LogP contribution is 2.36. The monoisotopic (exact) mass is 377 g/mol. The Morgan fingerprint density at radius 1 is 0.821 bits per heavy atom. The molecule has 0 amide bonds. The van der Waals surface area contributed by atoms with E-state index in [1.165, 1.54) is 6.33 Å². The van der Waals surface area contributed by atoms with Gasteiger partial charge in [-0.3, -0.25) is 0 Å². The van der Waals surface area contributed by atoms with Crippen LogP contribution in [0.15, 0.2) is 54.9 Å².